The van der Waals surface area contributed by atoms with E-state index in [-0.39, 0.29) is 11.5 Å². The Bertz CT molecular complexity index is 702. The summed E-state index contributed by atoms with van der Waals surface area (Å²) in [5.41, 5.74) is 2.38. The lowest BCUT2D eigenvalue weighted by Crippen LogP contribution is -2.39. The first-order valence-electron chi connectivity index (χ1n) is 8.09. The van der Waals surface area contributed by atoms with Crippen molar-refractivity contribution in [2.24, 2.45) is 5.92 Å². The summed E-state index contributed by atoms with van der Waals surface area (Å²) in [6, 6.07) is 8.28. The number of carbonyl (C=O) groups excluding carboxylic acids is 1. The van der Waals surface area contributed by atoms with Gasteiger partial charge >= 0.3 is 0 Å². The van der Waals surface area contributed by atoms with Crippen molar-refractivity contribution in [2.45, 2.75) is 33.2 Å². The smallest absolute Gasteiger partial charge is 0.256 e. The number of halogens is 1. The van der Waals surface area contributed by atoms with E-state index in [0.717, 1.165) is 25.1 Å². The zero-order chi connectivity index (χ0) is 16.4. The molecule has 23 heavy (non-hydrogen) atoms. The van der Waals surface area contributed by atoms with Crippen LogP contribution in [-0.4, -0.2) is 33.7 Å². The summed E-state index contributed by atoms with van der Waals surface area (Å²) in [5, 5.41) is 4.50. The third-order valence-corrected chi connectivity index (χ3v) is 4.54. The van der Waals surface area contributed by atoms with Crippen LogP contribution < -0.4 is 0 Å². The van der Waals surface area contributed by atoms with Gasteiger partial charge in [-0.1, -0.05) is 12.1 Å². The maximum Gasteiger partial charge on any atom is 0.256 e. The van der Waals surface area contributed by atoms with Gasteiger partial charge in [0.05, 0.1) is 11.3 Å². The molecular formula is C18H22FN3O. The van der Waals surface area contributed by atoms with Crippen LogP contribution in [-0.2, 0) is 6.54 Å². The van der Waals surface area contributed by atoms with E-state index in [0.29, 0.717) is 19.0 Å². The van der Waals surface area contributed by atoms with Gasteiger partial charge in [0.1, 0.15) is 5.82 Å². The molecule has 0 radical (unpaired) electrons. The van der Waals surface area contributed by atoms with E-state index < -0.39 is 5.82 Å². The lowest BCUT2D eigenvalue weighted by Gasteiger charge is -2.32. The van der Waals surface area contributed by atoms with Crippen LogP contribution in [0.3, 0.4) is 0 Å². The molecule has 4 nitrogen and oxygen atoms in total. The summed E-state index contributed by atoms with van der Waals surface area (Å²) >= 11 is 0. The number of piperidine rings is 1. The molecule has 1 aliphatic rings. The predicted molar refractivity (Wildman–Crippen MR) is 86.7 cm³/mol. The zero-order valence-electron chi connectivity index (χ0n) is 13.6. The third-order valence-electron chi connectivity index (χ3n) is 4.54. The summed E-state index contributed by atoms with van der Waals surface area (Å²) in [6.07, 6.45) is 1.86. The minimum atomic E-state index is -0.442. The molecule has 0 saturated carbocycles. The summed E-state index contributed by atoms with van der Waals surface area (Å²) in [7, 11) is 0. The Kier molecular flexibility index (Phi) is 4.46. The topological polar surface area (TPSA) is 38.1 Å². The molecule has 1 saturated heterocycles. The van der Waals surface area contributed by atoms with E-state index in [1.165, 1.54) is 11.8 Å². The number of likely N-dealkylation sites (tertiary alicyclic amines) is 1. The molecule has 1 amide bonds. The number of amides is 1. The maximum atomic E-state index is 13.7. The van der Waals surface area contributed by atoms with Crippen LogP contribution >= 0.6 is 0 Å². The molecule has 0 unspecified atom stereocenters. The molecule has 1 aliphatic heterocycles. The second-order valence-corrected chi connectivity index (χ2v) is 6.32. The van der Waals surface area contributed by atoms with Crippen LogP contribution in [0.25, 0.3) is 0 Å². The summed E-state index contributed by atoms with van der Waals surface area (Å²) in [6.45, 7) is 6.31. The van der Waals surface area contributed by atoms with Crippen molar-refractivity contribution in [3.05, 3.63) is 53.1 Å². The molecule has 5 heteroatoms. The third kappa shape index (κ3) is 3.44. The molecule has 1 fully saturated rings. The first kappa shape index (κ1) is 15.7. The molecule has 3 rings (SSSR count). The van der Waals surface area contributed by atoms with Gasteiger partial charge in [-0.15, -0.1) is 0 Å². The minimum absolute atomic E-state index is 0.171. The number of benzene rings is 1. The minimum Gasteiger partial charge on any atom is -0.339 e. The highest BCUT2D eigenvalue weighted by atomic mass is 19.1. The molecule has 1 aromatic carbocycles. The van der Waals surface area contributed by atoms with E-state index in [1.807, 2.05) is 11.6 Å². The number of rotatable bonds is 3. The standard InChI is InChI=1S/C18H22FN3O/c1-13-11-14(2)22(20-13)12-15-7-9-21(10-8-15)18(23)16-5-3-4-6-17(16)19/h3-6,11,15H,7-10,12H2,1-2H3. The van der Waals surface area contributed by atoms with Gasteiger partial charge in [0, 0.05) is 25.3 Å². The van der Waals surface area contributed by atoms with Crippen molar-refractivity contribution in [3.8, 4) is 0 Å². The van der Waals surface area contributed by atoms with Gasteiger partial charge in [0.25, 0.3) is 5.91 Å². The van der Waals surface area contributed by atoms with Gasteiger partial charge in [-0.25, -0.2) is 4.39 Å². The normalized spacial score (nSPS) is 15.9. The van der Waals surface area contributed by atoms with Gasteiger partial charge < -0.3 is 4.90 Å². The Labute approximate surface area is 135 Å². The number of hydrogen-bond donors (Lipinski definition) is 0. The van der Waals surface area contributed by atoms with Crippen LogP contribution in [0.15, 0.2) is 30.3 Å². The van der Waals surface area contributed by atoms with Crippen LogP contribution in [0.4, 0.5) is 4.39 Å². The average Bonchev–Trinajstić information content (AvgIpc) is 2.85. The fourth-order valence-electron chi connectivity index (χ4n) is 3.23. The molecular weight excluding hydrogens is 293 g/mol. The van der Waals surface area contributed by atoms with Crippen molar-refractivity contribution < 1.29 is 9.18 Å². The lowest BCUT2D eigenvalue weighted by atomic mass is 9.96. The molecule has 2 aromatic rings. The first-order valence-corrected chi connectivity index (χ1v) is 8.09. The molecule has 0 aliphatic carbocycles. The molecule has 2 heterocycles. The maximum absolute atomic E-state index is 13.7. The number of nitrogens with zero attached hydrogens (tertiary/aromatic N) is 3. The fraction of sp³-hybridized carbons (Fsp3) is 0.444. The van der Waals surface area contributed by atoms with Crippen molar-refractivity contribution in [3.63, 3.8) is 0 Å². The van der Waals surface area contributed by atoms with E-state index in [1.54, 1.807) is 23.1 Å². The number of carbonyl (C=O) groups is 1. The zero-order valence-corrected chi connectivity index (χ0v) is 13.6. The quantitative estimate of drug-likeness (QED) is 0.872. The Morgan fingerprint density at radius 2 is 1.96 bits per heavy atom. The average molecular weight is 315 g/mol. The van der Waals surface area contributed by atoms with Crippen molar-refractivity contribution in [1.82, 2.24) is 14.7 Å². The molecule has 1 aromatic heterocycles. The molecule has 0 bridgehead atoms. The van der Waals surface area contributed by atoms with Crippen LogP contribution in [0.5, 0.6) is 0 Å². The van der Waals surface area contributed by atoms with E-state index >= 15 is 0 Å². The number of aryl methyl sites for hydroxylation is 2. The largest absolute Gasteiger partial charge is 0.339 e. The second kappa shape index (κ2) is 6.52. The van der Waals surface area contributed by atoms with Crippen LogP contribution in [0.2, 0.25) is 0 Å². The van der Waals surface area contributed by atoms with E-state index in [2.05, 4.69) is 18.1 Å². The molecule has 0 N–H and O–H groups in total. The van der Waals surface area contributed by atoms with Gasteiger partial charge in [0.2, 0.25) is 0 Å². The highest BCUT2D eigenvalue weighted by Crippen LogP contribution is 2.22. The van der Waals surface area contributed by atoms with Crippen molar-refractivity contribution in [1.29, 1.82) is 0 Å². The van der Waals surface area contributed by atoms with Gasteiger partial charge in [-0.05, 0) is 50.8 Å². The lowest BCUT2D eigenvalue weighted by molar-refractivity contribution is 0.0676. The summed E-state index contributed by atoms with van der Waals surface area (Å²) < 4.78 is 15.8. The Morgan fingerprint density at radius 3 is 2.57 bits per heavy atom. The second-order valence-electron chi connectivity index (χ2n) is 6.32. The predicted octanol–water partition coefficient (Wildman–Crippen LogP) is 3.19. The van der Waals surface area contributed by atoms with Crippen molar-refractivity contribution in [2.75, 3.05) is 13.1 Å². The Hall–Kier alpha value is -2.17. The first-order chi connectivity index (χ1) is 11.0. The highest BCUT2D eigenvalue weighted by Gasteiger charge is 2.25. The van der Waals surface area contributed by atoms with E-state index in [4.69, 9.17) is 0 Å². The molecule has 0 spiro atoms. The van der Waals surface area contributed by atoms with Gasteiger partial charge in [-0.3, -0.25) is 9.48 Å². The van der Waals surface area contributed by atoms with Gasteiger partial charge in [-0.2, -0.15) is 5.10 Å². The Balaban J connectivity index is 1.59. The number of aromatic nitrogens is 2. The number of hydrogen-bond acceptors (Lipinski definition) is 2. The monoisotopic (exact) mass is 315 g/mol. The molecule has 122 valence electrons. The Morgan fingerprint density at radius 1 is 1.26 bits per heavy atom. The van der Waals surface area contributed by atoms with Crippen LogP contribution in [0, 0.1) is 25.6 Å². The SMILES string of the molecule is Cc1cc(C)n(CC2CCN(C(=O)c3ccccc3F)CC2)n1. The van der Waals surface area contributed by atoms with Crippen molar-refractivity contribution >= 4 is 5.91 Å². The molecule has 0 atom stereocenters. The highest BCUT2D eigenvalue weighted by molar-refractivity contribution is 5.94. The summed E-state index contributed by atoms with van der Waals surface area (Å²) in [5.74, 6) is -0.132. The summed E-state index contributed by atoms with van der Waals surface area (Å²) in [4.78, 5) is 14.2. The van der Waals surface area contributed by atoms with E-state index in [9.17, 15) is 9.18 Å². The van der Waals surface area contributed by atoms with Crippen LogP contribution in [0.1, 0.15) is 34.6 Å². The van der Waals surface area contributed by atoms with Gasteiger partial charge in [0.15, 0.2) is 0 Å². The fourth-order valence-corrected chi connectivity index (χ4v) is 3.23.